The maximum absolute atomic E-state index is 4.57. The summed E-state index contributed by atoms with van der Waals surface area (Å²) in [7, 11) is 0. The second-order valence-corrected chi connectivity index (χ2v) is 5.58. The van der Waals surface area contributed by atoms with Gasteiger partial charge in [-0.05, 0) is 51.3 Å². The van der Waals surface area contributed by atoms with E-state index in [2.05, 4.69) is 67.9 Å². The number of aryl methyl sites for hydroxylation is 1. The van der Waals surface area contributed by atoms with E-state index < -0.39 is 0 Å². The van der Waals surface area contributed by atoms with E-state index in [0.29, 0.717) is 6.04 Å². The first kappa shape index (κ1) is 14.8. The molecule has 0 amide bonds. The molecule has 2 aromatic rings. The summed E-state index contributed by atoms with van der Waals surface area (Å²) in [5, 5.41) is 8.10. The lowest BCUT2D eigenvalue weighted by atomic mass is 10.1. The van der Waals surface area contributed by atoms with Crippen molar-refractivity contribution in [3.63, 3.8) is 0 Å². The first-order valence-electron chi connectivity index (χ1n) is 7.38. The third kappa shape index (κ3) is 2.93. The fraction of sp³-hybridized carbons (Fsp3) is 0.471. The zero-order chi connectivity index (χ0) is 14.7. The molecule has 2 rings (SSSR count). The van der Waals surface area contributed by atoms with E-state index in [0.717, 1.165) is 13.0 Å². The van der Waals surface area contributed by atoms with Crippen molar-refractivity contribution in [2.75, 3.05) is 0 Å². The van der Waals surface area contributed by atoms with Crippen LogP contribution in [0.1, 0.15) is 42.7 Å². The molecule has 1 atom stereocenters. The molecule has 0 radical (unpaired) electrons. The average molecular weight is 271 g/mol. The molecule has 0 saturated carbocycles. The highest BCUT2D eigenvalue weighted by atomic mass is 15.3. The minimum atomic E-state index is 0.540. The summed E-state index contributed by atoms with van der Waals surface area (Å²) in [5.41, 5.74) is 6.26. The maximum Gasteiger partial charge on any atom is 0.0680 e. The van der Waals surface area contributed by atoms with Crippen LogP contribution in [0.2, 0.25) is 0 Å². The van der Waals surface area contributed by atoms with Crippen LogP contribution in [0, 0.1) is 20.8 Å². The van der Waals surface area contributed by atoms with Crippen LogP contribution < -0.4 is 5.32 Å². The quantitative estimate of drug-likeness (QED) is 0.899. The number of hydrogen-bond donors (Lipinski definition) is 1. The van der Waals surface area contributed by atoms with Gasteiger partial charge in [0.05, 0.1) is 11.9 Å². The molecule has 0 aliphatic carbocycles. The van der Waals surface area contributed by atoms with Gasteiger partial charge in [0, 0.05) is 23.8 Å². The molecule has 1 aromatic heterocycles. The normalized spacial score (nSPS) is 12.7. The summed E-state index contributed by atoms with van der Waals surface area (Å²) in [6.07, 6.45) is 3.12. The van der Waals surface area contributed by atoms with Crippen LogP contribution in [-0.2, 0) is 6.54 Å². The molecule has 0 aliphatic heterocycles. The largest absolute Gasteiger partial charge is 0.310 e. The maximum atomic E-state index is 4.57. The summed E-state index contributed by atoms with van der Waals surface area (Å²) in [4.78, 5) is 0. The Bertz CT molecular complexity index is 584. The molecule has 1 N–H and O–H groups in total. The van der Waals surface area contributed by atoms with Crippen molar-refractivity contribution < 1.29 is 0 Å². The van der Waals surface area contributed by atoms with Crippen molar-refractivity contribution in [1.82, 2.24) is 15.1 Å². The first-order chi connectivity index (χ1) is 9.54. The van der Waals surface area contributed by atoms with E-state index in [1.54, 1.807) is 0 Å². The van der Waals surface area contributed by atoms with Crippen molar-refractivity contribution in [1.29, 1.82) is 0 Å². The number of benzene rings is 1. The van der Waals surface area contributed by atoms with Crippen molar-refractivity contribution >= 4 is 0 Å². The molecule has 3 heteroatoms. The van der Waals surface area contributed by atoms with E-state index in [-0.39, 0.29) is 0 Å². The van der Waals surface area contributed by atoms with Crippen molar-refractivity contribution in [3.05, 3.63) is 46.8 Å². The molecule has 0 fully saturated rings. The van der Waals surface area contributed by atoms with Crippen LogP contribution in [0.15, 0.2) is 24.4 Å². The number of hydrogen-bond acceptors (Lipinski definition) is 2. The standard InChI is InChI=1S/C17H25N3/c1-6-13(3)18-10-16-11-19-20(15(16)5)17-9-7-8-12(2)14(17)4/h7-9,11,13,18H,6,10H2,1-5H3. The fourth-order valence-corrected chi connectivity index (χ4v) is 2.25. The summed E-state index contributed by atoms with van der Waals surface area (Å²) < 4.78 is 2.05. The van der Waals surface area contributed by atoms with Gasteiger partial charge in [0.25, 0.3) is 0 Å². The molecule has 3 nitrogen and oxygen atoms in total. The highest BCUT2D eigenvalue weighted by Crippen LogP contribution is 2.20. The van der Waals surface area contributed by atoms with Gasteiger partial charge in [0.15, 0.2) is 0 Å². The summed E-state index contributed by atoms with van der Waals surface area (Å²) >= 11 is 0. The Morgan fingerprint density at radius 2 is 2.00 bits per heavy atom. The zero-order valence-electron chi connectivity index (χ0n) is 13.2. The molecule has 0 saturated heterocycles. The topological polar surface area (TPSA) is 29.9 Å². The Hall–Kier alpha value is -1.61. The zero-order valence-corrected chi connectivity index (χ0v) is 13.2. The minimum Gasteiger partial charge on any atom is -0.310 e. The van der Waals surface area contributed by atoms with Gasteiger partial charge in [-0.3, -0.25) is 0 Å². The predicted molar refractivity (Wildman–Crippen MR) is 84.4 cm³/mol. The molecular weight excluding hydrogens is 246 g/mol. The lowest BCUT2D eigenvalue weighted by molar-refractivity contribution is 0.533. The molecule has 0 bridgehead atoms. The second kappa shape index (κ2) is 6.23. The van der Waals surface area contributed by atoms with E-state index in [1.807, 2.05) is 6.20 Å². The van der Waals surface area contributed by atoms with Gasteiger partial charge in [-0.25, -0.2) is 4.68 Å². The molecule has 0 spiro atoms. The van der Waals surface area contributed by atoms with Gasteiger partial charge in [-0.2, -0.15) is 5.10 Å². The van der Waals surface area contributed by atoms with Gasteiger partial charge in [-0.15, -0.1) is 0 Å². The Balaban J connectivity index is 2.26. The van der Waals surface area contributed by atoms with Gasteiger partial charge >= 0.3 is 0 Å². The van der Waals surface area contributed by atoms with Crippen LogP contribution >= 0.6 is 0 Å². The average Bonchev–Trinajstić information content (AvgIpc) is 2.80. The van der Waals surface area contributed by atoms with Crippen LogP contribution in [-0.4, -0.2) is 15.8 Å². The van der Waals surface area contributed by atoms with Crippen LogP contribution in [0.4, 0.5) is 0 Å². The summed E-state index contributed by atoms with van der Waals surface area (Å²) in [6, 6.07) is 6.91. The Morgan fingerprint density at radius 1 is 1.25 bits per heavy atom. The highest BCUT2D eigenvalue weighted by molar-refractivity contribution is 5.45. The van der Waals surface area contributed by atoms with E-state index >= 15 is 0 Å². The van der Waals surface area contributed by atoms with Crippen molar-refractivity contribution in [2.45, 2.75) is 53.6 Å². The molecule has 1 unspecified atom stereocenters. The van der Waals surface area contributed by atoms with Crippen LogP contribution in [0.25, 0.3) is 5.69 Å². The highest BCUT2D eigenvalue weighted by Gasteiger charge is 2.11. The molecule has 108 valence electrons. The lowest BCUT2D eigenvalue weighted by Gasteiger charge is -2.12. The van der Waals surface area contributed by atoms with Crippen molar-refractivity contribution in [2.24, 2.45) is 0 Å². The van der Waals surface area contributed by atoms with Gasteiger partial charge in [0.1, 0.15) is 0 Å². The predicted octanol–water partition coefficient (Wildman–Crippen LogP) is 3.69. The lowest BCUT2D eigenvalue weighted by Crippen LogP contribution is -2.24. The molecule has 20 heavy (non-hydrogen) atoms. The van der Waals surface area contributed by atoms with Crippen molar-refractivity contribution in [3.8, 4) is 5.69 Å². The van der Waals surface area contributed by atoms with Crippen LogP contribution in [0.5, 0.6) is 0 Å². The van der Waals surface area contributed by atoms with E-state index in [4.69, 9.17) is 0 Å². The fourth-order valence-electron chi connectivity index (χ4n) is 2.25. The molecule has 0 aliphatic rings. The Morgan fingerprint density at radius 3 is 2.70 bits per heavy atom. The molecular formula is C17H25N3. The number of aromatic nitrogens is 2. The van der Waals surface area contributed by atoms with Gasteiger partial charge < -0.3 is 5.32 Å². The van der Waals surface area contributed by atoms with Gasteiger partial charge in [0.2, 0.25) is 0 Å². The van der Waals surface area contributed by atoms with Crippen LogP contribution in [0.3, 0.4) is 0 Å². The smallest absolute Gasteiger partial charge is 0.0680 e. The molecule has 1 aromatic carbocycles. The van der Waals surface area contributed by atoms with E-state index in [1.165, 1.54) is 28.1 Å². The number of rotatable bonds is 5. The third-order valence-electron chi connectivity index (χ3n) is 4.17. The van der Waals surface area contributed by atoms with Gasteiger partial charge in [-0.1, -0.05) is 19.1 Å². The summed E-state index contributed by atoms with van der Waals surface area (Å²) in [6.45, 7) is 11.7. The third-order valence-corrected chi connectivity index (χ3v) is 4.17. The Kier molecular flexibility index (Phi) is 4.61. The monoisotopic (exact) mass is 271 g/mol. The first-order valence-corrected chi connectivity index (χ1v) is 7.38. The minimum absolute atomic E-state index is 0.540. The Labute approximate surface area is 122 Å². The van der Waals surface area contributed by atoms with E-state index in [9.17, 15) is 0 Å². The SMILES string of the molecule is CCC(C)NCc1cnn(-c2cccc(C)c2C)c1C. The molecule has 1 heterocycles. The number of nitrogens with zero attached hydrogens (tertiary/aromatic N) is 2. The summed E-state index contributed by atoms with van der Waals surface area (Å²) in [5.74, 6) is 0. The second-order valence-electron chi connectivity index (χ2n) is 5.58. The number of nitrogens with one attached hydrogen (secondary N) is 1.